The standard InChI is InChI=1S/C13H21N3O3/c1-13(2,3)19-12(17)16-10-4-9(5-10)15-7-11-6-14-8-18-11/h6,8-10,15H,4-5,7H2,1-3H3,(H,16,17). The summed E-state index contributed by atoms with van der Waals surface area (Å²) in [5.74, 6) is 0.823. The number of ether oxygens (including phenoxy) is 1. The van der Waals surface area contributed by atoms with Crippen LogP contribution >= 0.6 is 0 Å². The number of nitrogens with zero attached hydrogens (tertiary/aromatic N) is 1. The lowest BCUT2D eigenvalue weighted by Crippen LogP contribution is -2.52. The van der Waals surface area contributed by atoms with E-state index in [9.17, 15) is 4.79 Å². The van der Waals surface area contributed by atoms with Crippen LogP contribution in [0.15, 0.2) is 17.0 Å². The lowest BCUT2D eigenvalue weighted by Gasteiger charge is -2.36. The van der Waals surface area contributed by atoms with Gasteiger partial charge >= 0.3 is 6.09 Å². The minimum atomic E-state index is -0.447. The molecular weight excluding hydrogens is 246 g/mol. The average molecular weight is 267 g/mol. The molecule has 19 heavy (non-hydrogen) atoms. The van der Waals surface area contributed by atoms with Crippen molar-refractivity contribution in [3.05, 3.63) is 18.4 Å². The van der Waals surface area contributed by atoms with Crippen molar-refractivity contribution in [1.29, 1.82) is 0 Å². The van der Waals surface area contributed by atoms with Crippen LogP contribution in [0.2, 0.25) is 0 Å². The van der Waals surface area contributed by atoms with E-state index in [2.05, 4.69) is 15.6 Å². The molecule has 6 heteroatoms. The summed E-state index contributed by atoms with van der Waals surface area (Å²) < 4.78 is 10.3. The highest BCUT2D eigenvalue weighted by Gasteiger charge is 2.31. The van der Waals surface area contributed by atoms with Gasteiger partial charge in [0.05, 0.1) is 12.7 Å². The smallest absolute Gasteiger partial charge is 0.407 e. The molecule has 0 spiro atoms. The predicted octanol–water partition coefficient (Wildman–Crippen LogP) is 1.82. The van der Waals surface area contributed by atoms with Crippen molar-refractivity contribution in [2.24, 2.45) is 0 Å². The maximum atomic E-state index is 11.5. The van der Waals surface area contributed by atoms with E-state index in [0.29, 0.717) is 12.6 Å². The summed E-state index contributed by atoms with van der Waals surface area (Å²) in [6.07, 6.45) is 4.60. The lowest BCUT2D eigenvalue weighted by atomic mass is 9.87. The van der Waals surface area contributed by atoms with Crippen molar-refractivity contribution in [2.45, 2.75) is 57.8 Å². The molecule has 106 valence electrons. The van der Waals surface area contributed by atoms with Crippen LogP contribution in [0.4, 0.5) is 4.79 Å². The monoisotopic (exact) mass is 267 g/mol. The summed E-state index contributed by atoms with van der Waals surface area (Å²) in [5.41, 5.74) is -0.447. The zero-order valence-corrected chi connectivity index (χ0v) is 11.6. The first kappa shape index (κ1) is 13.9. The number of amides is 1. The quantitative estimate of drug-likeness (QED) is 0.870. The minimum absolute atomic E-state index is 0.196. The Morgan fingerprint density at radius 2 is 2.21 bits per heavy atom. The van der Waals surface area contributed by atoms with Crippen LogP contribution in [0, 0.1) is 0 Å². The highest BCUT2D eigenvalue weighted by atomic mass is 16.6. The summed E-state index contributed by atoms with van der Waals surface area (Å²) in [5, 5.41) is 6.21. The molecule has 0 atom stereocenters. The van der Waals surface area contributed by atoms with E-state index in [1.165, 1.54) is 6.39 Å². The first-order valence-corrected chi connectivity index (χ1v) is 6.52. The molecule has 1 aromatic rings. The fourth-order valence-electron chi connectivity index (χ4n) is 1.95. The van der Waals surface area contributed by atoms with Crippen LogP contribution < -0.4 is 10.6 Å². The third-order valence-corrected chi connectivity index (χ3v) is 2.91. The Morgan fingerprint density at radius 1 is 1.47 bits per heavy atom. The fraction of sp³-hybridized carbons (Fsp3) is 0.692. The third-order valence-electron chi connectivity index (χ3n) is 2.91. The second-order valence-electron chi connectivity index (χ2n) is 5.86. The Bertz CT molecular complexity index is 405. The van der Waals surface area contributed by atoms with Gasteiger partial charge < -0.3 is 19.8 Å². The number of oxazole rings is 1. The van der Waals surface area contributed by atoms with Gasteiger partial charge in [-0.15, -0.1) is 0 Å². The van der Waals surface area contributed by atoms with E-state index >= 15 is 0 Å². The Labute approximate surface area is 112 Å². The van der Waals surface area contributed by atoms with Gasteiger partial charge in [0.15, 0.2) is 6.39 Å². The van der Waals surface area contributed by atoms with Crippen LogP contribution in [0.25, 0.3) is 0 Å². The SMILES string of the molecule is CC(C)(C)OC(=O)NC1CC(NCc2cnco2)C1. The van der Waals surface area contributed by atoms with Crippen molar-refractivity contribution in [2.75, 3.05) is 0 Å². The fourth-order valence-corrected chi connectivity index (χ4v) is 1.95. The molecule has 6 nitrogen and oxygen atoms in total. The van der Waals surface area contributed by atoms with Gasteiger partial charge in [0.1, 0.15) is 11.4 Å². The number of hydrogen-bond acceptors (Lipinski definition) is 5. The molecule has 1 aliphatic carbocycles. The summed E-state index contributed by atoms with van der Waals surface area (Å²) >= 11 is 0. The van der Waals surface area contributed by atoms with Gasteiger partial charge in [0.25, 0.3) is 0 Å². The zero-order chi connectivity index (χ0) is 13.9. The molecule has 1 saturated carbocycles. The maximum absolute atomic E-state index is 11.5. The molecule has 0 bridgehead atoms. The molecule has 1 aromatic heterocycles. The third kappa shape index (κ3) is 4.55. The van der Waals surface area contributed by atoms with E-state index in [0.717, 1.165) is 18.6 Å². The van der Waals surface area contributed by atoms with Crippen molar-refractivity contribution in [3.8, 4) is 0 Å². The zero-order valence-electron chi connectivity index (χ0n) is 11.6. The van der Waals surface area contributed by atoms with Gasteiger partial charge in [-0.25, -0.2) is 9.78 Å². The van der Waals surface area contributed by atoms with Gasteiger partial charge in [0, 0.05) is 12.1 Å². The molecule has 0 unspecified atom stereocenters. The van der Waals surface area contributed by atoms with Crippen molar-refractivity contribution >= 4 is 6.09 Å². The highest BCUT2D eigenvalue weighted by molar-refractivity contribution is 5.68. The summed E-state index contributed by atoms with van der Waals surface area (Å²) in [6, 6.07) is 0.604. The van der Waals surface area contributed by atoms with Crippen LogP contribution in [-0.2, 0) is 11.3 Å². The van der Waals surface area contributed by atoms with E-state index in [4.69, 9.17) is 9.15 Å². The molecular formula is C13H21N3O3. The number of aromatic nitrogens is 1. The Morgan fingerprint density at radius 3 is 2.79 bits per heavy atom. The molecule has 0 aliphatic heterocycles. The maximum Gasteiger partial charge on any atom is 0.407 e. The normalized spacial score (nSPS) is 22.7. The van der Waals surface area contributed by atoms with Crippen molar-refractivity contribution < 1.29 is 13.9 Å². The molecule has 1 aliphatic rings. The summed E-state index contributed by atoms with van der Waals surface area (Å²) in [6.45, 7) is 6.24. The number of nitrogens with one attached hydrogen (secondary N) is 2. The molecule has 2 rings (SSSR count). The van der Waals surface area contributed by atoms with Crippen molar-refractivity contribution in [3.63, 3.8) is 0 Å². The number of carbonyl (C=O) groups excluding carboxylic acids is 1. The summed E-state index contributed by atoms with van der Waals surface area (Å²) in [7, 11) is 0. The lowest BCUT2D eigenvalue weighted by molar-refractivity contribution is 0.0464. The first-order valence-electron chi connectivity index (χ1n) is 6.52. The van der Waals surface area contributed by atoms with Gasteiger partial charge in [-0.1, -0.05) is 0 Å². The molecule has 1 fully saturated rings. The average Bonchev–Trinajstić information content (AvgIpc) is 2.71. The summed E-state index contributed by atoms with van der Waals surface area (Å²) in [4.78, 5) is 15.4. The molecule has 1 amide bonds. The Balaban J connectivity index is 1.60. The Hall–Kier alpha value is -1.56. The van der Waals surface area contributed by atoms with Gasteiger partial charge in [-0.2, -0.15) is 0 Å². The van der Waals surface area contributed by atoms with Crippen LogP contribution in [0.3, 0.4) is 0 Å². The molecule has 2 N–H and O–H groups in total. The van der Waals surface area contributed by atoms with E-state index in [1.54, 1.807) is 6.20 Å². The second-order valence-corrected chi connectivity index (χ2v) is 5.86. The minimum Gasteiger partial charge on any atom is -0.447 e. The van der Waals surface area contributed by atoms with Gasteiger partial charge in [-0.3, -0.25) is 0 Å². The molecule has 1 heterocycles. The molecule has 0 saturated heterocycles. The number of hydrogen-bond donors (Lipinski definition) is 2. The van der Waals surface area contributed by atoms with E-state index < -0.39 is 5.60 Å². The molecule has 0 radical (unpaired) electrons. The van der Waals surface area contributed by atoms with Gasteiger partial charge in [-0.05, 0) is 33.6 Å². The van der Waals surface area contributed by atoms with Crippen LogP contribution in [0.1, 0.15) is 39.4 Å². The van der Waals surface area contributed by atoms with Crippen LogP contribution in [0.5, 0.6) is 0 Å². The van der Waals surface area contributed by atoms with E-state index in [1.807, 2.05) is 20.8 Å². The van der Waals surface area contributed by atoms with E-state index in [-0.39, 0.29) is 12.1 Å². The van der Waals surface area contributed by atoms with Gasteiger partial charge in [0.2, 0.25) is 0 Å². The topological polar surface area (TPSA) is 76.4 Å². The van der Waals surface area contributed by atoms with Crippen LogP contribution in [-0.4, -0.2) is 28.8 Å². The largest absolute Gasteiger partial charge is 0.447 e. The number of alkyl carbamates (subject to hydrolysis) is 1. The highest BCUT2D eigenvalue weighted by Crippen LogP contribution is 2.21. The number of rotatable bonds is 4. The first-order chi connectivity index (χ1) is 8.92. The number of carbonyl (C=O) groups is 1. The van der Waals surface area contributed by atoms with Crippen molar-refractivity contribution in [1.82, 2.24) is 15.6 Å². The predicted molar refractivity (Wildman–Crippen MR) is 69.5 cm³/mol. The second kappa shape index (κ2) is 5.61. The Kier molecular flexibility index (Phi) is 4.09. The molecule has 0 aromatic carbocycles.